The Bertz CT molecular complexity index is 338. The van der Waals surface area contributed by atoms with E-state index in [1.165, 1.54) is 12.1 Å². The molecule has 0 unspecified atom stereocenters. The number of nitrogens with zero attached hydrogens (tertiary/aromatic N) is 1. The van der Waals surface area contributed by atoms with Crippen molar-refractivity contribution in [3.8, 4) is 5.75 Å². The fourth-order valence-corrected chi connectivity index (χ4v) is 1.13. The lowest BCUT2D eigenvalue weighted by Gasteiger charge is -1.99. The molecule has 5 heteroatoms. The molecule has 1 aromatic rings. The van der Waals surface area contributed by atoms with Crippen LogP contribution in [0.3, 0.4) is 0 Å². The minimum absolute atomic E-state index is 0.268. The first kappa shape index (κ1) is 8.99. The number of benzene rings is 1. The molecule has 0 aliphatic carbocycles. The van der Waals surface area contributed by atoms with Crippen molar-refractivity contribution in [2.24, 2.45) is 0 Å². The van der Waals surface area contributed by atoms with Crippen LogP contribution in [0.4, 0.5) is 5.69 Å². The molecule has 1 N–H and O–H groups in total. The zero-order valence-corrected chi connectivity index (χ0v) is 7.83. The van der Waals surface area contributed by atoms with Gasteiger partial charge in [0.1, 0.15) is 0 Å². The van der Waals surface area contributed by atoms with Crippen LogP contribution in [0.15, 0.2) is 16.6 Å². The largest absolute Gasteiger partial charge is 0.502 e. The molecule has 0 bridgehead atoms. The summed E-state index contributed by atoms with van der Waals surface area (Å²) in [4.78, 5) is 9.70. The third kappa shape index (κ3) is 1.55. The van der Waals surface area contributed by atoms with E-state index in [1.54, 1.807) is 6.92 Å². The normalized spacial score (nSPS) is 9.83. The number of aryl methyl sites for hydroxylation is 1. The highest BCUT2D eigenvalue weighted by Crippen LogP contribution is 2.31. The van der Waals surface area contributed by atoms with Gasteiger partial charge in [-0.05, 0) is 12.5 Å². The molecule has 0 amide bonds. The van der Waals surface area contributed by atoms with Gasteiger partial charge in [-0.2, -0.15) is 0 Å². The van der Waals surface area contributed by atoms with Crippen molar-refractivity contribution in [2.45, 2.75) is 6.92 Å². The molecule has 0 radical (unpaired) electrons. The lowest BCUT2D eigenvalue weighted by atomic mass is 10.2. The van der Waals surface area contributed by atoms with Crippen LogP contribution in [0.2, 0.25) is 0 Å². The van der Waals surface area contributed by atoms with Crippen LogP contribution < -0.4 is 0 Å². The lowest BCUT2D eigenvalue weighted by Crippen LogP contribution is -1.89. The van der Waals surface area contributed by atoms with Crippen molar-refractivity contribution >= 4 is 21.6 Å². The van der Waals surface area contributed by atoms with Gasteiger partial charge in [0.25, 0.3) is 0 Å². The zero-order valence-electron chi connectivity index (χ0n) is 6.24. The van der Waals surface area contributed by atoms with E-state index in [4.69, 9.17) is 5.11 Å². The number of halogens is 1. The van der Waals surface area contributed by atoms with Crippen molar-refractivity contribution in [3.05, 3.63) is 32.3 Å². The standard InChI is InChI=1S/C7H6BrNO3/c1-4-2-6(9(11)12)7(10)3-5(4)8/h2-3,10H,1H3. The minimum Gasteiger partial charge on any atom is -0.502 e. The highest BCUT2D eigenvalue weighted by molar-refractivity contribution is 9.10. The molecule has 4 nitrogen and oxygen atoms in total. The predicted molar refractivity (Wildman–Crippen MR) is 47.2 cm³/mol. The van der Waals surface area contributed by atoms with E-state index in [0.717, 1.165) is 5.56 Å². The molecule has 0 fully saturated rings. The predicted octanol–water partition coefficient (Wildman–Crippen LogP) is 2.37. The van der Waals surface area contributed by atoms with Gasteiger partial charge in [-0.15, -0.1) is 0 Å². The summed E-state index contributed by atoms with van der Waals surface area (Å²) in [6.07, 6.45) is 0. The summed E-state index contributed by atoms with van der Waals surface area (Å²) in [5.41, 5.74) is 0.454. The van der Waals surface area contributed by atoms with Crippen LogP contribution in [0, 0.1) is 17.0 Å². The van der Waals surface area contributed by atoms with Gasteiger partial charge in [-0.3, -0.25) is 10.1 Å². The Morgan fingerprint density at radius 2 is 2.17 bits per heavy atom. The fraction of sp³-hybridized carbons (Fsp3) is 0.143. The molecule has 0 heterocycles. The summed E-state index contributed by atoms with van der Waals surface area (Å²) in [6.45, 7) is 1.72. The molecule has 12 heavy (non-hydrogen) atoms. The Kier molecular flexibility index (Phi) is 2.32. The molecule has 0 aliphatic heterocycles. The molecule has 1 rings (SSSR count). The van der Waals surface area contributed by atoms with Gasteiger partial charge in [-0.1, -0.05) is 15.9 Å². The monoisotopic (exact) mass is 231 g/mol. The van der Waals surface area contributed by atoms with E-state index in [9.17, 15) is 10.1 Å². The van der Waals surface area contributed by atoms with Gasteiger partial charge in [0.2, 0.25) is 0 Å². The first-order valence-corrected chi connectivity index (χ1v) is 3.95. The van der Waals surface area contributed by atoms with E-state index in [1.807, 2.05) is 0 Å². The molecule has 0 saturated heterocycles. The number of nitro benzene ring substituents is 1. The first-order valence-electron chi connectivity index (χ1n) is 3.16. The molecule has 64 valence electrons. The van der Waals surface area contributed by atoms with E-state index in [-0.39, 0.29) is 11.4 Å². The second-order valence-electron chi connectivity index (χ2n) is 2.35. The average Bonchev–Trinajstić information content (AvgIpc) is 1.96. The number of phenolic OH excluding ortho intramolecular Hbond substituents is 1. The Morgan fingerprint density at radius 3 is 2.67 bits per heavy atom. The SMILES string of the molecule is Cc1cc([N+](=O)[O-])c(O)cc1Br. The first-order chi connectivity index (χ1) is 5.52. The average molecular weight is 232 g/mol. The zero-order chi connectivity index (χ0) is 9.30. The number of aromatic hydroxyl groups is 1. The number of rotatable bonds is 1. The quantitative estimate of drug-likeness (QED) is 0.597. The van der Waals surface area contributed by atoms with Gasteiger partial charge >= 0.3 is 5.69 Å². The summed E-state index contributed by atoms with van der Waals surface area (Å²) >= 11 is 3.15. The summed E-state index contributed by atoms with van der Waals surface area (Å²) < 4.78 is 0.658. The summed E-state index contributed by atoms with van der Waals surface area (Å²) in [6, 6.07) is 2.63. The van der Waals surface area contributed by atoms with Gasteiger partial charge in [0.15, 0.2) is 5.75 Å². The Balaban J connectivity index is 3.33. The van der Waals surface area contributed by atoms with Crippen molar-refractivity contribution in [2.75, 3.05) is 0 Å². The van der Waals surface area contributed by atoms with Crippen LogP contribution in [-0.2, 0) is 0 Å². The van der Waals surface area contributed by atoms with Gasteiger partial charge < -0.3 is 5.11 Å². The number of hydrogen-bond acceptors (Lipinski definition) is 3. The third-order valence-electron chi connectivity index (χ3n) is 1.45. The summed E-state index contributed by atoms with van der Waals surface area (Å²) in [7, 11) is 0. The van der Waals surface area contributed by atoms with Crippen molar-refractivity contribution < 1.29 is 10.0 Å². The summed E-state index contributed by atoms with van der Waals surface area (Å²) in [5.74, 6) is -0.322. The number of hydrogen-bond donors (Lipinski definition) is 1. The number of phenols is 1. The van der Waals surface area contributed by atoms with E-state index in [0.29, 0.717) is 4.47 Å². The molecule has 0 spiro atoms. The molecule has 0 aliphatic rings. The van der Waals surface area contributed by atoms with Crippen LogP contribution in [0.5, 0.6) is 5.75 Å². The minimum atomic E-state index is -0.616. The number of nitro groups is 1. The van der Waals surface area contributed by atoms with E-state index >= 15 is 0 Å². The maximum Gasteiger partial charge on any atom is 0.311 e. The van der Waals surface area contributed by atoms with Gasteiger partial charge in [-0.25, -0.2) is 0 Å². The maximum absolute atomic E-state index is 10.3. The highest BCUT2D eigenvalue weighted by atomic mass is 79.9. The third-order valence-corrected chi connectivity index (χ3v) is 2.31. The molecule has 0 atom stereocenters. The van der Waals surface area contributed by atoms with Crippen LogP contribution in [0.1, 0.15) is 5.56 Å². The molecular formula is C7H6BrNO3. The maximum atomic E-state index is 10.3. The van der Waals surface area contributed by atoms with Crippen molar-refractivity contribution in [3.63, 3.8) is 0 Å². The van der Waals surface area contributed by atoms with E-state index in [2.05, 4.69) is 15.9 Å². The van der Waals surface area contributed by atoms with E-state index < -0.39 is 4.92 Å². The van der Waals surface area contributed by atoms with Crippen LogP contribution >= 0.6 is 15.9 Å². The molecular weight excluding hydrogens is 226 g/mol. The summed E-state index contributed by atoms with van der Waals surface area (Å²) in [5, 5.41) is 19.4. The van der Waals surface area contributed by atoms with Gasteiger partial charge in [0.05, 0.1) is 4.92 Å². The molecule has 0 saturated carbocycles. The van der Waals surface area contributed by atoms with Crippen molar-refractivity contribution in [1.82, 2.24) is 0 Å². The molecule has 1 aromatic carbocycles. The highest BCUT2D eigenvalue weighted by Gasteiger charge is 2.14. The Hall–Kier alpha value is -1.10. The Morgan fingerprint density at radius 1 is 1.58 bits per heavy atom. The second-order valence-corrected chi connectivity index (χ2v) is 3.20. The van der Waals surface area contributed by atoms with Gasteiger partial charge in [0, 0.05) is 16.6 Å². The Labute approximate surface area is 77.1 Å². The van der Waals surface area contributed by atoms with Crippen LogP contribution in [-0.4, -0.2) is 10.0 Å². The smallest absolute Gasteiger partial charge is 0.311 e. The second kappa shape index (κ2) is 3.10. The fourth-order valence-electron chi connectivity index (χ4n) is 0.802. The lowest BCUT2D eigenvalue weighted by molar-refractivity contribution is -0.385. The van der Waals surface area contributed by atoms with Crippen LogP contribution in [0.25, 0.3) is 0 Å². The van der Waals surface area contributed by atoms with Crippen molar-refractivity contribution in [1.29, 1.82) is 0 Å². The topological polar surface area (TPSA) is 63.4 Å². The molecule has 0 aromatic heterocycles.